The van der Waals surface area contributed by atoms with Crippen LogP contribution in [0.2, 0.25) is 0 Å². The van der Waals surface area contributed by atoms with Gasteiger partial charge in [-0.3, -0.25) is 0 Å². The van der Waals surface area contributed by atoms with Crippen molar-refractivity contribution in [3.63, 3.8) is 0 Å². The molecular formula is C16H23N3. The van der Waals surface area contributed by atoms with Gasteiger partial charge in [-0.25, -0.2) is 4.98 Å². The number of nitrogens with one attached hydrogen (secondary N) is 2. The Hall–Kier alpha value is -1.61. The van der Waals surface area contributed by atoms with Crippen molar-refractivity contribution in [2.24, 2.45) is 0 Å². The first-order valence-electron chi connectivity index (χ1n) is 6.91. The second-order valence-electron chi connectivity index (χ2n) is 5.16. The summed E-state index contributed by atoms with van der Waals surface area (Å²) >= 11 is 0. The van der Waals surface area contributed by atoms with Crippen LogP contribution in [0.4, 0.5) is 0 Å². The molecule has 0 spiro atoms. The van der Waals surface area contributed by atoms with Crippen molar-refractivity contribution in [3.8, 4) is 0 Å². The van der Waals surface area contributed by atoms with Gasteiger partial charge in [-0.2, -0.15) is 0 Å². The van der Waals surface area contributed by atoms with Crippen LogP contribution in [-0.4, -0.2) is 16.5 Å². The molecule has 0 radical (unpaired) electrons. The quantitative estimate of drug-likeness (QED) is 0.863. The van der Waals surface area contributed by atoms with Crippen LogP contribution in [0.1, 0.15) is 41.0 Å². The van der Waals surface area contributed by atoms with E-state index in [1.165, 1.54) is 22.3 Å². The molecule has 0 saturated heterocycles. The van der Waals surface area contributed by atoms with Crippen molar-refractivity contribution >= 4 is 0 Å². The summed E-state index contributed by atoms with van der Waals surface area (Å²) in [5.41, 5.74) is 5.45. The molecule has 0 fully saturated rings. The first-order chi connectivity index (χ1) is 9.11. The number of aromatic amines is 1. The zero-order valence-corrected chi connectivity index (χ0v) is 12.2. The van der Waals surface area contributed by atoms with E-state index in [1.54, 1.807) is 0 Å². The first kappa shape index (κ1) is 13.8. The minimum Gasteiger partial charge on any atom is -0.349 e. The lowest BCUT2D eigenvalue weighted by atomic mass is 9.92. The van der Waals surface area contributed by atoms with Gasteiger partial charge in [0, 0.05) is 24.9 Å². The Morgan fingerprint density at radius 1 is 1.21 bits per heavy atom. The minimum atomic E-state index is 0.316. The molecule has 2 aromatic rings. The molecule has 0 aliphatic heterocycles. The van der Waals surface area contributed by atoms with Gasteiger partial charge in [-0.15, -0.1) is 0 Å². The van der Waals surface area contributed by atoms with Crippen LogP contribution in [0, 0.1) is 20.8 Å². The summed E-state index contributed by atoms with van der Waals surface area (Å²) in [6.07, 6.45) is 4.59. The van der Waals surface area contributed by atoms with Crippen molar-refractivity contribution < 1.29 is 0 Å². The molecule has 19 heavy (non-hydrogen) atoms. The average Bonchev–Trinajstić information content (AvgIpc) is 2.80. The lowest BCUT2D eigenvalue weighted by molar-refractivity contribution is 0.534. The summed E-state index contributed by atoms with van der Waals surface area (Å²) in [5.74, 6) is 1.03. The largest absolute Gasteiger partial charge is 0.349 e. The van der Waals surface area contributed by atoms with Gasteiger partial charge in [0.05, 0.1) is 0 Å². The van der Waals surface area contributed by atoms with E-state index in [2.05, 4.69) is 55.1 Å². The summed E-state index contributed by atoms with van der Waals surface area (Å²) in [5, 5.41) is 3.58. The predicted octanol–water partition coefficient (Wildman–Crippen LogP) is 3.23. The Morgan fingerprint density at radius 2 is 1.89 bits per heavy atom. The smallest absolute Gasteiger partial charge is 0.107 e. The molecule has 1 heterocycles. The molecule has 3 nitrogen and oxygen atoms in total. The monoisotopic (exact) mass is 257 g/mol. The molecule has 2 N–H and O–H groups in total. The number of imidazole rings is 1. The van der Waals surface area contributed by atoms with Crippen LogP contribution >= 0.6 is 0 Å². The fraction of sp³-hybridized carbons (Fsp3) is 0.438. The highest BCUT2D eigenvalue weighted by Crippen LogP contribution is 2.25. The molecule has 0 amide bonds. The number of benzene rings is 1. The van der Waals surface area contributed by atoms with E-state index in [0.717, 1.165) is 18.8 Å². The summed E-state index contributed by atoms with van der Waals surface area (Å²) in [4.78, 5) is 7.54. The van der Waals surface area contributed by atoms with Crippen molar-refractivity contribution in [2.45, 2.75) is 40.2 Å². The highest BCUT2D eigenvalue weighted by atomic mass is 14.9. The number of hydrogen-bond donors (Lipinski definition) is 2. The van der Waals surface area contributed by atoms with E-state index >= 15 is 0 Å². The van der Waals surface area contributed by atoms with Crippen molar-refractivity contribution in [1.29, 1.82) is 0 Å². The Bertz CT molecular complexity index is 506. The molecule has 0 aliphatic rings. The average molecular weight is 257 g/mol. The Kier molecular flexibility index (Phi) is 4.38. The number of rotatable bonds is 5. The van der Waals surface area contributed by atoms with Gasteiger partial charge in [-0.05, 0) is 44.0 Å². The Balaban J connectivity index is 2.33. The minimum absolute atomic E-state index is 0.316. The van der Waals surface area contributed by atoms with Crippen molar-refractivity contribution in [3.05, 3.63) is 52.6 Å². The highest BCUT2D eigenvalue weighted by molar-refractivity contribution is 5.40. The standard InChI is InChI=1S/C16H23N3/c1-5-17-14(10-15-18-6-7-19-15)16-12(3)8-11(2)9-13(16)4/h6-9,14,17H,5,10H2,1-4H3,(H,18,19). The highest BCUT2D eigenvalue weighted by Gasteiger charge is 2.17. The zero-order valence-electron chi connectivity index (χ0n) is 12.2. The second-order valence-corrected chi connectivity index (χ2v) is 5.16. The van der Waals surface area contributed by atoms with Gasteiger partial charge in [0.25, 0.3) is 0 Å². The summed E-state index contributed by atoms with van der Waals surface area (Å²) in [6.45, 7) is 9.65. The van der Waals surface area contributed by atoms with Crippen LogP contribution in [0.3, 0.4) is 0 Å². The van der Waals surface area contributed by atoms with E-state index in [4.69, 9.17) is 0 Å². The lowest BCUT2D eigenvalue weighted by Crippen LogP contribution is -2.25. The van der Waals surface area contributed by atoms with E-state index in [1.807, 2.05) is 12.4 Å². The fourth-order valence-electron chi connectivity index (χ4n) is 2.87. The molecule has 0 bridgehead atoms. The Labute approximate surface area is 115 Å². The molecule has 3 heteroatoms. The van der Waals surface area contributed by atoms with Gasteiger partial charge < -0.3 is 10.3 Å². The van der Waals surface area contributed by atoms with Crippen molar-refractivity contribution in [1.82, 2.24) is 15.3 Å². The summed E-state index contributed by atoms with van der Waals surface area (Å²) in [6, 6.07) is 4.83. The van der Waals surface area contributed by atoms with Gasteiger partial charge >= 0.3 is 0 Å². The van der Waals surface area contributed by atoms with Crippen LogP contribution in [-0.2, 0) is 6.42 Å². The number of H-pyrrole nitrogens is 1. The zero-order chi connectivity index (χ0) is 13.8. The molecule has 0 saturated carbocycles. The first-order valence-corrected chi connectivity index (χ1v) is 6.91. The van der Waals surface area contributed by atoms with Crippen LogP contribution < -0.4 is 5.32 Å². The summed E-state index contributed by atoms with van der Waals surface area (Å²) < 4.78 is 0. The van der Waals surface area contributed by atoms with E-state index in [-0.39, 0.29) is 0 Å². The molecule has 1 aromatic carbocycles. The number of aromatic nitrogens is 2. The predicted molar refractivity (Wildman–Crippen MR) is 79.4 cm³/mol. The maximum Gasteiger partial charge on any atom is 0.107 e. The van der Waals surface area contributed by atoms with Gasteiger partial charge in [0.1, 0.15) is 5.82 Å². The molecule has 1 atom stereocenters. The number of likely N-dealkylation sites (N-methyl/N-ethyl adjacent to an activating group) is 1. The van der Waals surface area contributed by atoms with Crippen molar-refractivity contribution in [2.75, 3.05) is 6.54 Å². The van der Waals surface area contributed by atoms with Crippen LogP contribution in [0.15, 0.2) is 24.5 Å². The number of aryl methyl sites for hydroxylation is 3. The molecule has 1 unspecified atom stereocenters. The third-order valence-corrected chi connectivity index (χ3v) is 3.49. The van der Waals surface area contributed by atoms with E-state index in [9.17, 15) is 0 Å². The molecule has 1 aromatic heterocycles. The molecular weight excluding hydrogens is 234 g/mol. The van der Waals surface area contributed by atoms with Gasteiger partial charge in [-0.1, -0.05) is 24.6 Å². The summed E-state index contributed by atoms with van der Waals surface area (Å²) in [7, 11) is 0. The second kappa shape index (κ2) is 6.02. The fourth-order valence-corrected chi connectivity index (χ4v) is 2.87. The normalized spacial score (nSPS) is 12.6. The van der Waals surface area contributed by atoms with Gasteiger partial charge in [0.2, 0.25) is 0 Å². The third-order valence-electron chi connectivity index (χ3n) is 3.49. The van der Waals surface area contributed by atoms with E-state index in [0.29, 0.717) is 6.04 Å². The van der Waals surface area contributed by atoms with E-state index < -0.39 is 0 Å². The maximum absolute atomic E-state index is 4.35. The third kappa shape index (κ3) is 3.24. The topological polar surface area (TPSA) is 40.7 Å². The number of hydrogen-bond acceptors (Lipinski definition) is 2. The molecule has 2 rings (SSSR count). The van der Waals surface area contributed by atoms with Crippen LogP contribution in [0.5, 0.6) is 0 Å². The lowest BCUT2D eigenvalue weighted by Gasteiger charge is -2.22. The molecule has 0 aliphatic carbocycles. The maximum atomic E-state index is 4.35. The van der Waals surface area contributed by atoms with Gasteiger partial charge in [0.15, 0.2) is 0 Å². The van der Waals surface area contributed by atoms with Crippen LogP contribution in [0.25, 0.3) is 0 Å². The SMILES string of the molecule is CCNC(Cc1ncc[nH]1)c1c(C)cc(C)cc1C. The number of nitrogens with zero attached hydrogens (tertiary/aromatic N) is 1. The Morgan fingerprint density at radius 3 is 2.42 bits per heavy atom. The molecule has 102 valence electrons.